The molecule has 27 heavy (non-hydrogen) atoms. The van der Waals surface area contributed by atoms with Crippen LogP contribution in [0.25, 0.3) is 22.2 Å². The molecule has 0 amide bonds. The number of anilines is 1. The summed E-state index contributed by atoms with van der Waals surface area (Å²) in [5, 5.41) is 20.3. The van der Waals surface area contributed by atoms with Gasteiger partial charge >= 0.3 is 0 Å². The van der Waals surface area contributed by atoms with Crippen LogP contribution in [0.2, 0.25) is 5.02 Å². The first-order valence-corrected chi connectivity index (χ1v) is 8.41. The minimum absolute atomic E-state index is 0.394. The van der Waals surface area contributed by atoms with E-state index in [4.69, 9.17) is 16.9 Å². The molecule has 0 atom stereocenters. The number of nitriles is 1. The number of aromatic amines is 1. The van der Waals surface area contributed by atoms with Crippen LogP contribution >= 0.6 is 11.6 Å². The van der Waals surface area contributed by atoms with Gasteiger partial charge in [0.05, 0.1) is 23.9 Å². The fourth-order valence-corrected chi connectivity index (χ4v) is 3.05. The molecule has 0 radical (unpaired) electrons. The second-order valence-electron chi connectivity index (χ2n) is 5.79. The minimum atomic E-state index is -0.556. The molecule has 0 aliphatic rings. The fraction of sp³-hybridized carbons (Fsp3) is 0.0526. The normalized spacial score (nSPS) is 10.7. The third-order valence-corrected chi connectivity index (χ3v) is 4.39. The summed E-state index contributed by atoms with van der Waals surface area (Å²) in [6, 6.07) is 13.9. The van der Waals surface area contributed by atoms with Crippen molar-refractivity contribution in [3.63, 3.8) is 0 Å². The maximum Gasteiger partial charge on any atom is 0.214 e. The van der Waals surface area contributed by atoms with E-state index in [1.54, 1.807) is 30.5 Å². The predicted octanol–water partition coefficient (Wildman–Crippen LogP) is 4.30. The lowest BCUT2D eigenvalue weighted by Crippen LogP contribution is -2.02. The summed E-state index contributed by atoms with van der Waals surface area (Å²) in [6.07, 6.45) is 1.67. The van der Waals surface area contributed by atoms with Gasteiger partial charge in [-0.15, -0.1) is 0 Å². The summed E-state index contributed by atoms with van der Waals surface area (Å²) in [7, 11) is 0. The van der Waals surface area contributed by atoms with Crippen molar-refractivity contribution in [2.45, 2.75) is 6.54 Å². The Hall–Kier alpha value is -3.50. The van der Waals surface area contributed by atoms with Crippen LogP contribution < -0.4 is 5.32 Å². The molecule has 3 aromatic heterocycles. The molecular formula is C19H12ClFN6. The van der Waals surface area contributed by atoms with Gasteiger partial charge in [0.2, 0.25) is 5.95 Å². The van der Waals surface area contributed by atoms with Crippen molar-refractivity contribution in [2.75, 3.05) is 5.32 Å². The average Bonchev–Trinajstić information content (AvgIpc) is 3.08. The van der Waals surface area contributed by atoms with E-state index in [0.29, 0.717) is 34.3 Å². The number of rotatable bonds is 4. The Morgan fingerprint density at radius 2 is 2.07 bits per heavy atom. The molecule has 4 rings (SSSR count). The lowest BCUT2D eigenvalue weighted by molar-refractivity contribution is 0.588. The predicted molar refractivity (Wildman–Crippen MR) is 101 cm³/mol. The molecule has 1 aromatic carbocycles. The maximum absolute atomic E-state index is 13.2. The molecule has 8 heteroatoms. The zero-order valence-corrected chi connectivity index (χ0v) is 14.6. The van der Waals surface area contributed by atoms with Gasteiger partial charge in [0.1, 0.15) is 5.82 Å². The SMILES string of the molecule is N#Cc1ccc(-c2ccnc(NCc3n[nH]c4nc(F)ccc34)c2)c(Cl)c1. The molecule has 0 bridgehead atoms. The van der Waals surface area contributed by atoms with E-state index in [0.717, 1.165) is 16.5 Å². The van der Waals surface area contributed by atoms with Crippen molar-refractivity contribution >= 4 is 28.5 Å². The molecule has 0 aliphatic heterocycles. The Balaban J connectivity index is 1.57. The van der Waals surface area contributed by atoms with Crippen molar-refractivity contribution in [2.24, 2.45) is 0 Å². The molecule has 0 aliphatic carbocycles. The monoisotopic (exact) mass is 378 g/mol. The average molecular weight is 379 g/mol. The zero-order valence-electron chi connectivity index (χ0n) is 13.9. The van der Waals surface area contributed by atoms with E-state index in [1.807, 2.05) is 12.1 Å². The van der Waals surface area contributed by atoms with E-state index in [-0.39, 0.29) is 0 Å². The van der Waals surface area contributed by atoms with Gasteiger partial charge in [0.25, 0.3) is 0 Å². The van der Waals surface area contributed by atoms with Crippen LogP contribution in [0.4, 0.5) is 10.2 Å². The van der Waals surface area contributed by atoms with E-state index in [9.17, 15) is 4.39 Å². The first-order chi connectivity index (χ1) is 13.1. The van der Waals surface area contributed by atoms with E-state index in [2.05, 4.69) is 31.6 Å². The minimum Gasteiger partial charge on any atom is -0.364 e. The topological polar surface area (TPSA) is 90.3 Å². The van der Waals surface area contributed by atoms with Gasteiger partial charge in [-0.05, 0) is 42.0 Å². The number of H-pyrrole nitrogens is 1. The molecule has 3 heterocycles. The Bertz CT molecular complexity index is 1180. The third-order valence-electron chi connectivity index (χ3n) is 4.08. The van der Waals surface area contributed by atoms with Gasteiger partial charge in [-0.25, -0.2) is 9.97 Å². The highest BCUT2D eigenvalue weighted by Crippen LogP contribution is 2.29. The summed E-state index contributed by atoms with van der Waals surface area (Å²) in [5.74, 6) is 0.0819. The molecule has 2 N–H and O–H groups in total. The molecular weight excluding hydrogens is 367 g/mol. The van der Waals surface area contributed by atoms with Crippen LogP contribution in [0.3, 0.4) is 0 Å². The number of pyridine rings is 2. The standard InChI is InChI=1S/C19H12ClFN6/c20-15-7-11(9-22)1-2-13(15)12-5-6-23-18(8-12)24-10-16-14-3-4-17(21)25-19(14)27-26-16/h1-8H,10H2,(H,23,24)(H,25,26,27). The summed E-state index contributed by atoms with van der Waals surface area (Å²) < 4.78 is 13.2. The Labute approximate surface area is 158 Å². The van der Waals surface area contributed by atoms with Crippen molar-refractivity contribution in [1.82, 2.24) is 20.2 Å². The third kappa shape index (κ3) is 3.43. The number of nitrogens with zero attached hydrogens (tertiary/aromatic N) is 4. The lowest BCUT2D eigenvalue weighted by Gasteiger charge is -2.08. The van der Waals surface area contributed by atoms with Crippen molar-refractivity contribution in [3.8, 4) is 17.2 Å². The smallest absolute Gasteiger partial charge is 0.214 e. The molecule has 0 unspecified atom stereocenters. The van der Waals surface area contributed by atoms with Crippen molar-refractivity contribution in [3.05, 3.63) is 70.9 Å². The van der Waals surface area contributed by atoms with E-state index < -0.39 is 5.95 Å². The van der Waals surface area contributed by atoms with E-state index in [1.165, 1.54) is 6.07 Å². The Morgan fingerprint density at radius 3 is 2.89 bits per heavy atom. The van der Waals surface area contributed by atoms with Gasteiger partial charge < -0.3 is 5.32 Å². The summed E-state index contributed by atoms with van der Waals surface area (Å²) in [6.45, 7) is 0.394. The second-order valence-corrected chi connectivity index (χ2v) is 6.20. The molecule has 4 aromatic rings. The van der Waals surface area contributed by atoms with Crippen LogP contribution in [-0.4, -0.2) is 20.2 Å². The van der Waals surface area contributed by atoms with Crippen LogP contribution in [-0.2, 0) is 6.54 Å². The summed E-state index contributed by atoms with van der Waals surface area (Å²) in [5.41, 5.74) is 3.30. The number of benzene rings is 1. The van der Waals surface area contributed by atoms with Gasteiger partial charge in [0.15, 0.2) is 5.65 Å². The summed E-state index contributed by atoms with van der Waals surface area (Å²) >= 11 is 6.29. The van der Waals surface area contributed by atoms with Gasteiger partial charge in [-0.3, -0.25) is 5.10 Å². The number of fused-ring (bicyclic) bond motifs is 1. The maximum atomic E-state index is 13.2. The molecule has 132 valence electrons. The number of nitrogens with one attached hydrogen (secondary N) is 2. The fourth-order valence-electron chi connectivity index (χ4n) is 2.76. The highest BCUT2D eigenvalue weighted by Gasteiger charge is 2.09. The number of hydrogen-bond acceptors (Lipinski definition) is 5. The molecule has 0 saturated heterocycles. The number of halogens is 2. The largest absolute Gasteiger partial charge is 0.364 e. The number of aromatic nitrogens is 4. The second kappa shape index (κ2) is 7.02. The molecule has 0 fully saturated rings. The first-order valence-electron chi connectivity index (χ1n) is 8.03. The molecule has 0 saturated carbocycles. The zero-order chi connectivity index (χ0) is 18.8. The van der Waals surface area contributed by atoms with E-state index >= 15 is 0 Å². The van der Waals surface area contributed by atoms with Gasteiger partial charge in [-0.2, -0.15) is 14.8 Å². The quantitative estimate of drug-likeness (QED) is 0.517. The van der Waals surface area contributed by atoms with Crippen LogP contribution in [0, 0.1) is 17.3 Å². The summed E-state index contributed by atoms with van der Waals surface area (Å²) in [4.78, 5) is 8.06. The van der Waals surface area contributed by atoms with Crippen LogP contribution in [0.15, 0.2) is 48.7 Å². The molecule has 6 nitrogen and oxygen atoms in total. The lowest BCUT2D eigenvalue weighted by atomic mass is 10.1. The van der Waals surface area contributed by atoms with Crippen molar-refractivity contribution < 1.29 is 4.39 Å². The van der Waals surface area contributed by atoms with Gasteiger partial charge in [-0.1, -0.05) is 17.7 Å². The first kappa shape index (κ1) is 16.9. The van der Waals surface area contributed by atoms with Gasteiger partial charge in [0, 0.05) is 22.2 Å². The number of hydrogen-bond donors (Lipinski definition) is 2. The van der Waals surface area contributed by atoms with Crippen molar-refractivity contribution in [1.29, 1.82) is 5.26 Å². The Morgan fingerprint density at radius 1 is 1.19 bits per heavy atom. The highest BCUT2D eigenvalue weighted by molar-refractivity contribution is 6.33. The van der Waals surface area contributed by atoms with Crippen LogP contribution in [0.1, 0.15) is 11.3 Å². The molecule has 0 spiro atoms. The Kier molecular flexibility index (Phi) is 4.40. The van der Waals surface area contributed by atoms with Crippen LogP contribution in [0.5, 0.6) is 0 Å². The highest BCUT2D eigenvalue weighted by atomic mass is 35.5.